The van der Waals surface area contributed by atoms with E-state index in [1.165, 1.54) is 19.3 Å². The zero-order chi connectivity index (χ0) is 12.3. The first-order valence-corrected chi connectivity index (χ1v) is 6.33. The molecule has 5 heteroatoms. The van der Waals surface area contributed by atoms with Gasteiger partial charge in [-0.25, -0.2) is 0 Å². The molecule has 0 saturated heterocycles. The Morgan fingerprint density at radius 3 is 2.94 bits per heavy atom. The van der Waals surface area contributed by atoms with Gasteiger partial charge in [-0.15, -0.1) is 0 Å². The lowest BCUT2D eigenvalue weighted by atomic mass is 9.85. The molecule has 0 spiro atoms. The lowest BCUT2D eigenvalue weighted by molar-refractivity contribution is 0.0935. The number of carbonyl (C=O) groups excluding carboxylic acids is 1. The van der Waals surface area contributed by atoms with Gasteiger partial charge >= 0.3 is 0 Å². The Balaban J connectivity index is 1.93. The minimum atomic E-state index is -0.159. The van der Waals surface area contributed by atoms with Gasteiger partial charge in [0.2, 0.25) is 0 Å². The number of nitrogens with two attached hydrogens (primary N) is 1. The van der Waals surface area contributed by atoms with Gasteiger partial charge in [0, 0.05) is 6.54 Å². The van der Waals surface area contributed by atoms with Crippen molar-refractivity contribution in [1.29, 1.82) is 0 Å². The molecule has 0 bridgehead atoms. The van der Waals surface area contributed by atoms with Crippen molar-refractivity contribution in [2.75, 3.05) is 12.3 Å². The van der Waals surface area contributed by atoms with Gasteiger partial charge in [0.05, 0.1) is 11.4 Å². The number of rotatable bonds is 5. The van der Waals surface area contributed by atoms with Crippen LogP contribution in [0.25, 0.3) is 0 Å². The van der Waals surface area contributed by atoms with E-state index < -0.39 is 0 Å². The van der Waals surface area contributed by atoms with Crippen LogP contribution in [-0.2, 0) is 6.42 Å². The molecule has 2 rings (SSSR count). The summed E-state index contributed by atoms with van der Waals surface area (Å²) in [5.41, 5.74) is 7.59. The average molecular weight is 236 g/mol. The predicted octanol–water partition coefficient (Wildman–Crippen LogP) is 1.47. The number of nitrogens with one attached hydrogen (secondary N) is 2. The van der Waals surface area contributed by atoms with Crippen LogP contribution >= 0.6 is 0 Å². The SMILES string of the molecule is CCCc1[nH]nc(C(=O)NCC2CCC2)c1N. The number of nitrogens with zero attached hydrogens (tertiary/aromatic N) is 1. The standard InChI is InChI=1S/C12H20N4O/c1-2-4-9-10(13)11(16-15-9)12(17)14-7-8-5-3-6-8/h8H,2-7,13H2,1H3,(H,14,17)(H,15,16). The Bertz CT molecular complexity index is 395. The third kappa shape index (κ3) is 2.60. The van der Waals surface area contributed by atoms with Gasteiger partial charge in [-0.1, -0.05) is 19.8 Å². The molecule has 1 fully saturated rings. The zero-order valence-electron chi connectivity index (χ0n) is 10.3. The fourth-order valence-corrected chi connectivity index (χ4v) is 2.02. The molecule has 1 heterocycles. The topological polar surface area (TPSA) is 83.8 Å². The van der Waals surface area contributed by atoms with Crippen LogP contribution < -0.4 is 11.1 Å². The van der Waals surface area contributed by atoms with Crippen molar-refractivity contribution in [3.05, 3.63) is 11.4 Å². The van der Waals surface area contributed by atoms with E-state index in [9.17, 15) is 4.79 Å². The molecule has 94 valence electrons. The molecule has 17 heavy (non-hydrogen) atoms. The molecule has 5 nitrogen and oxygen atoms in total. The first-order valence-electron chi connectivity index (χ1n) is 6.33. The minimum absolute atomic E-state index is 0.159. The molecule has 1 aromatic rings. The van der Waals surface area contributed by atoms with Crippen molar-refractivity contribution < 1.29 is 4.79 Å². The normalized spacial score (nSPS) is 15.6. The maximum absolute atomic E-state index is 11.9. The van der Waals surface area contributed by atoms with E-state index in [0.29, 0.717) is 17.3 Å². The number of nitrogen functional groups attached to an aromatic ring is 1. The van der Waals surface area contributed by atoms with Crippen molar-refractivity contribution in [1.82, 2.24) is 15.5 Å². The molecule has 0 aliphatic heterocycles. The Kier molecular flexibility index (Phi) is 3.66. The molecule has 1 aliphatic carbocycles. The number of aryl methyl sites for hydroxylation is 1. The third-order valence-corrected chi connectivity index (χ3v) is 3.37. The summed E-state index contributed by atoms with van der Waals surface area (Å²) in [6.45, 7) is 2.81. The van der Waals surface area contributed by atoms with E-state index in [2.05, 4.69) is 22.4 Å². The molecule has 0 unspecified atom stereocenters. The Hall–Kier alpha value is -1.52. The van der Waals surface area contributed by atoms with Crippen molar-refractivity contribution in [3.63, 3.8) is 0 Å². The number of aromatic nitrogens is 2. The number of aromatic amines is 1. The molecule has 1 amide bonds. The lowest BCUT2D eigenvalue weighted by Crippen LogP contribution is -2.32. The number of anilines is 1. The second-order valence-corrected chi connectivity index (χ2v) is 4.72. The van der Waals surface area contributed by atoms with Crippen LogP contribution in [0.3, 0.4) is 0 Å². The van der Waals surface area contributed by atoms with Crippen LogP contribution in [0, 0.1) is 5.92 Å². The van der Waals surface area contributed by atoms with Crippen LogP contribution in [-0.4, -0.2) is 22.6 Å². The Morgan fingerprint density at radius 2 is 2.35 bits per heavy atom. The largest absolute Gasteiger partial charge is 0.395 e. The second kappa shape index (κ2) is 5.21. The van der Waals surface area contributed by atoms with Gasteiger partial charge in [-0.05, 0) is 25.2 Å². The summed E-state index contributed by atoms with van der Waals surface area (Å²) in [6, 6.07) is 0. The highest BCUT2D eigenvalue weighted by Gasteiger charge is 2.21. The van der Waals surface area contributed by atoms with E-state index in [-0.39, 0.29) is 5.91 Å². The summed E-state index contributed by atoms with van der Waals surface area (Å²) in [4.78, 5) is 11.9. The fourth-order valence-electron chi connectivity index (χ4n) is 2.02. The molecule has 1 saturated carbocycles. The molecule has 0 aromatic carbocycles. The zero-order valence-corrected chi connectivity index (χ0v) is 10.3. The highest BCUT2D eigenvalue weighted by Crippen LogP contribution is 2.25. The molecule has 1 aromatic heterocycles. The number of amides is 1. The van der Waals surface area contributed by atoms with Crippen molar-refractivity contribution in [2.45, 2.75) is 39.0 Å². The minimum Gasteiger partial charge on any atom is -0.395 e. The molecule has 0 radical (unpaired) electrons. The maximum Gasteiger partial charge on any atom is 0.273 e. The summed E-state index contributed by atoms with van der Waals surface area (Å²) in [5, 5.41) is 9.73. The van der Waals surface area contributed by atoms with Crippen LogP contribution in [0.4, 0.5) is 5.69 Å². The van der Waals surface area contributed by atoms with Gasteiger partial charge < -0.3 is 11.1 Å². The van der Waals surface area contributed by atoms with Crippen LogP contribution in [0.5, 0.6) is 0 Å². The van der Waals surface area contributed by atoms with E-state index in [4.69, 9.17) is 5.73 Å². The number of H-pyrrole nitrogens is 1. The Morgan fingerprint density at radius 1 is 1.59 bits per heavy atom. The fraction of sp³-hybridized carbons (Fsp3) is 0.667. The second-order valence-electron chi connectivity index (χ2n) is 4.72. The van der Waals surface area contributed by atoms with E-state index in [1.54, 1.807) is 0 Å². The van der Waals surface area contributed by atoms with Gasteiger partial charge in [-0.2, -0.15) is 5.10 Å². The van der Waals surface area contributed by atoms with Crippen molar-refractivity contribution >= 4 is 11.6 Å². The van der Waals surface area contributed by atoms with Crippen LogP contribution in [0.1, 0.15) is 48.8 Å². The monoisotopic (exact) mass is 236 g/mol. The molecule has 1 aliphatic rings. The summed E-state index contributed by atoms with van der Waals surface area (Å²) < 4.78 is 0. The maximum atomic E-state index is 11.9. The van der Waals surface area contributed by atoms with E-state index in [0.717, 1.165) is 25.1 Å². The average Bonchev–Trinajstić information content (AvgIpc) is 2.59. The number of hydrogen-bond acceptors (Lipinski definition) is 3. The van der Waals surface area contributed by atoms with E-state index >= 15 is 0 Å². The molecule has 4 N–H and O–H groups in total. The quantitative estimate of drug-likeness (QED) is 0.724. The highest BCUT2D eigenvalue weighted by molar-refractivity contribution is 5.97. The molecular formula is C12H20N4O. The van der Waals surface area contributed by atoms with Gasteiger partial charge in [0.1, 0.15) is 0 Å². The van der Waals surface area contributed by atoms with Crippen molar-refractivity contribution in [2.24, 2.45) is 5.92 Å². The number of carbonyl (C=O) groups is 1. The predicted molar refractivity (Wildman–Crippen MR) is 66.7 cm³/mol. The van der Waals surface area contributed by atoms with Gasteiger partial charge in [0.15, 0.2) is 5.69 Å². The summed E-state index contributed by atoms with van der Waals surface area (Å²) in [6.07, 6.45) is 5.53. The summed E-state index contributed by atoms with van der Waals surface area (Å²) >= 11 is 0. The van der Waals surface area contributed by atoms with Gasteiger partial charge in [0.25, 0.3) is 5.91 Å². The van der Waals surface area contributed by atoms with Crippen molar-refractivity contribution in [3.8, 4) is 0 Å². The Labute approximate surface area is 101 Å². The highest BCUT2D eigenvalue weighted by atomic mass is 16.1. The first-order chi connectivity index (χ1) is 8.22. The molecular weight excluding hydrogens is 216 g/mol. The smallest absolute Gasteiger partial charge is 0.273 e. The van der Waals surface area contributed by atoms with Crippen LogP contribution in [0.15, 0.2) is 0 Å². The third-order valence-electron chi connectivity index (χ3n) is 3.37. The lowest BCUT2D eigenvalue weighted by Gasteiger charge is -2.25. The number of hydrogen-bond donors (Lipinski definition) is 3. The summed E-state index contributed by atoms with van der Waals surface area (Å²) in [5.74, 6) is 0.488. The van der Waals surface area contributed by atoms with Gasteiger partial charge in [-0.3, -0.25) is 9.89 Å². The van der Waals surface area contributed by atoms with E-state index in [1.807, 2.05) is 0 Å². The molecule has 0 atom stereocenters. The first kappa shape index (κ1) is 12.0. The van der Waals surface area contributed by atoms with Crippen LogP contribution in [0.2, 0.25) is 0 Å². The summed E-state index contributed by atoms with van der Waals surface area (Å²) in [7, 11) is 0.